The molecule has 38 heavy (non-hydrogen) atoms. The number of carbonyl (C=O) groups excluding carboxylic acids is 4. The zero-order valence-electron chi connectivity index (χ0n) is 21.8. The van der Waals surface area contributed by atoms with Crippen molar-refractivity contribution in [2.75, 3.05) is 34.2 Å². The number of hydrogen-bond acceptors (Lipinski definition) is 8. The molecule has 1 aliphatic carbocycles. The molecule has 0 bridgehead atoms. The number of rotatable bonds is 6. The van der Waals surface area contributed by atoms with Gasteiger partial charge in [0.2, 0.25) is 5.91 Å². The van der Waals surface area contributed by atoms with Crippen molar-refractivity contribution >= 4 is 46.6 Å². The number of fused-ring (bicyclic) bond motifs is 1. The fourth-order valence-corrected chi connectivity index (χ4v) is 6.05. The van der Waals surface area contributed by atoms with Crippen molar-refractivity contribution in [2.45, 2.75) is 50.7 Å². The Kier molecular flexibility index (Phi) is 9.06. The van der Waals surface area contributed by atoms with Crippen molar-refractivity contribution in [3.05, 3.63) is 38.6 Å². The molecule has 1 unspecified atom stereocenters. The second-order valence-corrected chi connectivity index (χ2v) is 11.8. The van der Waals surface area contributed by atoms with Gasteiger partial charge in [-0.2, -0.15) is 0 Å². The van der Waals surface area contributed by atoms with Crippen molar-refractivity contribution in [1.82, 2.24) is 36.1 Å². The Morgan fingerprint density at radius 2 is 1.95 bits per heavy atom. The molecule has 0 saturated heterocycles. The fraction of sp³-hybridized carbons (Fsp3) is 0.560. The van der Waals surface area contributed by atoms with Gasteiger partial charge >= 0.3 is 11.8 Å². The van der Waals surface area contributed by atoms with Gasteiger partial charge in [-0.05, 0) is 44.4 Å². The summed E-state index contributed by atoms with van der Waals surface area (Å²) < 4.78 is 0. The van der Waals surface area contributed by atoms with Crippen molar-refractivity contribution in [3.63, 3.8) is 0 Å². The highest BCUT2D eigenvalue weighted by molar-refractivity contribution is 7.13. The number of carbonyl (C=O) groups is 4. The number of dihydropyridines is 1. The molecule has 1 aromatic rings. The average molecular weight is 564 g/mol. The molecule has 4 amide bonds. The molecule has 3 heterocycles. The van der Waals surface area contributed by atoms with Crippen LogP contribution in [0.25, 0.3) is 0 Å². The summed E-state index contributed by atoms with van der Waals surface area (Å²) in [5.41, 5.74) is 0.958. The Morgan fingerprint density at radius 3 is 2.66 bits per heavy atom. The number of likely N-dealkylation sites (N-methyl/N-ethyl adjacent to an activating group) is 1. The third kappa shape index (κ3) is 7.12. The van der Waals surface area contributed by atoms with Gasteiger partial charge in [0.1, 0.15) is 5.82 Å². The van der Waals surface area contributed by atoms with Crippen LogP contribution in [0.15, 0.2) is 23.0 Å². The smallest absolute Gasteiger partial charge is 0.314 e. The van der Waals surface area contributed by atoms with Gasteiger partial charge < -0.3 is 31.1 Å². The highest BCUT2D eigenvalue weighted by Crippen LogP contribution is 2.29. The Hall–Kier alpha value is -2.96. The molecule has 3 atom stereocenters. The SMILES string of the molecule is CN1CCc2nc(C(=O)N[C@@H]3CC(CC(=O)N(C)C)CC[C@@H]3NC(=O)C(=O)NC3=CC=C(Cl)CN3)sc2C1. The van der Waals surface area contributed by atoms with E-state index >= 15 is 0 Å². The van der Waals surface area contributed by atoms with Gasteiger partial charge in [0.15, 0.2) is 5.01 Å². The lowest BCUT2D eigenvalue weighted by molar-refractivity contribution is -0.139. The van der Waals surface area contributed by atoms with E-state index in [2.05, 4.69) is 31.2 Å². The van der Waals surface area contributed by atoms with E-state index < -0.39 is 23.9 Å². The minimum atomic E-state index is -0.818. The van der Waals surface area contributed by atoms with Crippen LogP contribution < -0.4 is 21.3 Å². The van der Waals surface area contributed by atoms with E-state index in [0.29, 0.717) is 48.1 Å². The van der Waals surface area contributed by atoms with Crippen LogP contribution in [0.1, 0.15) is 46.1 Å². The number of amides is 4. The van der Waals surface area contributed by atoms with E-state index in [0.717, 1.165) is 30.1 Å². The second-order valence-electron chi connectivity index (χ2n) is 10.2. The number of aromatic nitrogens is 1. The number of thiazole rings is 1. The predicted molar refractivity (Wildman–Crippen MR) is 144 cm³/mol. The largest absolute Gasteiger partial charge is 0.367 e. The summed E-state index contributed by atoms with van der Waals surface area (Å²) >= 11 is 7.29. The Morgan fingerprint density at radius 1 is 1.16 bits per heavy atom. The summed E-state index contributed by atoms with van der Waals surface area (Å²) in [5, 5.41) is 12.3. The summed E-state index contributed by atoms with van der Waals surface area (Å²) in [6, 6.07) is -0.920. The van der Waals surface area contributed by atoms with Crippen LogP contribution in [-0.4, -0.2) is 84.7 Å². The molecule has 3 aliphatic rings. The molecule has 0 aromatic carbocycles. The molecule has 13 heteroatoms. The molecule has 11 nitrogen and oxygen atoms in total. The van der Waals surface area contributed by atoms with E-state index in [4.69, 9.17) is 11.6 Å². The molecule has 4 N–H and O–H groups in total. The van der Waals surface area contributed by atoms with E-state index in [1.807, 2.05) is 7.05 Å². The molecule has 4 rings (SSSR count). The van der Waals surface area contributed by atoms with Crippen LogP contribution in [0.3, 0.4) is 0 Å². The molecule has 206 valence electrons. The minimum absolute atomic E-state index is 0.0149. The normalized spacial score (nSPS) is 23.2. The van der Waals surface area contributed by atoms with E-state index in [-0.39, 0.29) is 17.7 Å². The quantitative estimate of drug-likeness (QED) is 0.374. The molecular formula is C25H34ClN7O4S. The standard InChI is InChI=1S/C25H34ClN7O4S/c1-32(2)21(34)11-14-4-6-16(28-22(35)23(36)31-20-7-5-15(26)12-27-20)18(10-14)29-24(37)25-30-17-8-9-33(3)13-19(17)38-25/h5,7,14,16,18,27H,4,6,8-13H2,1-3H3,(H,28,35)(H,29,37)(H,31,36)/t14?,16-,18+/m0/s1. The van der Waals surface area contributed by atoms with Gasteiger partial charge in [-0.15, -0.1) is 11.3 Å². The maximum absolute atomic E-state index is 13.2. The summed E-state index contributed by atoms with van der Waals surface area (Å²) in [6.07, 6.45) is 6.09. The van der Waals surface area contributed by atoms with Gasteiger partial charge in [0, 0.05) is 62.0 Å². The van der Waals surface area contributed by atoms with Crippen LogP contribution in [0.2, 0.25) is 0 Å². The first-order valence-corrected chi connectivity index (χ1v) is 13.9. The van der Waals surface area contributed by atoms with Crippen LogP contribution >= 0.6 is 22.9 Å². The van der Waals surface area contributed by atoms with Gasteiger partial charge in [-0.1, -0.05) is 11.6 Å². The molecule has 1 aromatic heterocycles. The number of nitrogens with one attached hydrogen (secondary N) is 4. The van der Waals surface area contributed by atoms with Gasteiger partial charge in [0.25, 0.3) is 5.91 Å². The third-order valence-electron chi connectivity index (χ3n) is 7.00. The lowest BCUT2D eigenvalue weighted by atomic mass is 9.80. The average Bonchev–Trinajstić information content (AvgIpc) is 3.30. The monoisotopic (exact) mass is 563 g/mol. The molecule has 1 saturated carbocycles. The zero-order valence-corrected chi connectivity index (χ0v) is 23.4. The highest BCUT2D eigenvalue weighted by atomic mass is 35.5. The number of allylic oxidation sites excluding steroid dienone is 2. The summed E-state index contributed by atoms with van der Waals surface area (Å²) in [7, 11) is 5.47. The minimum Gasteiger partial charge on any atom is -0.367 e. The van der Waals surface area contributed by atoms with E-state index in [9.17, 15) is 19.2 Å². The Labute approximate surface area is 231 Å². The van der Waals surface area contributed by atoms with Crippen molar-refractivity contribution in [3.8, 4) is 0 Å². The number of halogens is 1. The maximum Gasteiger partial charge on any atom is 0.314 e. The van der Waals surface area contributed by atoms with Crippen molar-refractivity contribution in [1.29, 1.82) is 0 Å². The van der Waals surface area contributed by atoms with Crippen molar-refractivity contribution in [2.24, 2.45) is 5.92 Å². The number of hydrogen-bond donors (Lipinski definition) is 4. The fourth-order valence-electron chi connectivity index (χ4n) is 4.83. The van der Waals surface area contributed by atoms with Gasteiger partial charge in [-0.25, -0.2) is 4.98 Å². The van der Waals surface area contributed by atoms with E-state index in [1.165, 1.54) is 11.3 Å². The van der Waals surface area contributed by atoms with Crippen molar-refractivity contribution < 1.29 is 19.2 Å². The Balaban J connectivity index is 1.43. The predicted octanol–water partition coefficient (Wildman–Crippen LogP) is 0.676. The molecule has 0 radical (unpaired) electrons. The molecular weight excluding hydrogens is 530 g/mol. The summed E-state index contributed by atoms with van der Waals surface area (Å²) in [4.78, 5) is 60.3. The van der Waals surface area contributed by atoms with Crippen LogP contribution in [0.4, 0.5) is 0 Å². The van der Waals surface area contributed by atoms with Crippen LogP contribution in [0, 0.1) is 5.92 Å². The molecule has 2 aliphatic heterocycles. The lowest BCUT2D eigenvalue weighted by Gasteiger charge is -2.37. The van der Waals surface area contributed by atoms with E-state index in [1.54, 1.807) is 31.1 Å². The maximum atomic E-state index is 13.2. The molecule has 0 spiro atoms. The van der Waals surface area contributed by atoms with Crippen LogP contribution in [0.5, 0.6) is 0 Å². The van der Waals surface area contributed by atoms with Crippen LogP contribution in [-0.2, 0) is 27.3 Å². The summed E-state index contributed by atoms with van der Waals surface area (Å²) in [5.74, 6) is -1.48. The Bertz CT molecular complexity index is 1160. The molecule has 1 fully saturated rings. The zero-order chi connectivity index (χ0) is 27.4. The first-order valence-electron chi connectivity index (χ1n) is 12.7. The first kappa shape index (κ1) is 28.1. The van der Waals surface area contributed by atoms with Gasteiger partial charge in [-0.3, -0.25) is 19.2 Å². The number of nitrogens with zero attached hydrogens (tertiary/aromatic N) is 3. The second kappa shape index (κ2) is 12.3. The topological polar surface area (TPSA) is 136 Å². The summed E-state index contributed by atoms with van der Waals surface area (Å²) in [6.45, 7) is 2.02. The highest BCUT2D eigenvalue weighted by Gasteiger charge is 2.35. The first-order chi connectivity index (χ1) is 18.1. The van der Waals surface area contributed by atoms with Gasteiger partial charge in [0.05, 0.1) is 12.2 Å². The lowest BCUT2D eigenvalue weighted by Crippen LogP contribution is -2.57. The third-order valence-corrected chi connectivity index (χ3v) is 8.34.